The Morgan fingerprint density at radius 2 is 1.52 bits per heavy atom. The molecule has 0 saturated heterocycles. The van der Waals surface area contributed by atoms with Gasteiger partial charge in [-0.1, -0.05) is 60.7 Å². The van der Waals surface area contributed by atoms with Gasteiger partial charge in [-0.2, -0.15) is 0 Å². The highest BCUT2D eigenvalue weighted by molar-refractivity contribution is 7.15. The van der Waals surface area contributed by atoms with Crippen molar-refractivity contribution in [2.45, 2.75) is 13.0 Å². The molecule has 0 saturated carbocycles. The Bertz CT molecular complexity index is 1060. The fraction of sp³-hybridized carbons (Fsp3) is 0.0833. The minimum absolute atomic E-state index is 0.180. The Labute approximate surface area is 173 Å². The summed E-state index contributed by atoms with van der Waals surface area (Å²) in [6.07, 6.45) is 2.62. The van der Waals surface area contributed by atoms with Crippen LogP contribution in [-0.2, 0) is 13.0 Å². The molecule has 4 nitrogen and oxygen atoms in total. The number of amides is 1. The number of benzene rings is 3. The van der Waals surface area contributed by atoms with E-state index in [1.54, 1.807) is 24.3 Å². The van der Waals surface area contributed by atoms with E-state index in [4.69, 9.17) is 4.74 Å². The molecule has 0 atom stereocenters. The van der Waals surface area contributed by atoms with Gasteiger partial charge in [-0.05, 0) is 35.4 Å². The molecule has 1 N–H and O–H groups in total. The van der Waals surface area contributed by atoms with Gasteiger partial charge in [-0.15, -0.1) is 11.3 Å². The fourth-order valence-corrected chi connectivity index (χ4v) is 3.70. The summed E-state index contributed by atoms with van der Waals surface area (Å²) in [5, 5.41) is 3.47. The summed E-state index contributed by atoms with van der Waals surface area (Å²) in [5.74, 6) is 0.546. The zero-order valence-corrected chi connectivity index (χ0v) is 16.6. The quantitative estimate of drug-likeness (QED) is 0.441. The van der Waals surface area contributed by atoms with E-state index in [0.717, 1.165) is 22.6 Å². The van der Waals surface area contributed by atoms with Gasteiger partial charge < -0.3 is 4.74 Å². The van der Waals surface area contributed by atoms with Gasteiger partial charge in [-0.25, -0.2) is 4.98 Å². The SMILES string of the molecule is O=C(Nc1ncc(Cc2ccccc2)s1)c1ccc(OCc2ccccc2)cc1. The van der Waals surface area contributed by atoms with Crippen molar-refractivity contribution in [1.29, 1.82) is 0 Å². The van der Waals surface area contributed by atoms with E-state index in [0.29, 0.717) is 17.3 Å². The van der Waals surface area contributed by atoms with Gasteiger partial charge in [0.2, 0.25) is 0 Å². The molecule has 0 bridgehead atoms. The number of hydrogen-bond donors (Lipinski definition) is 1. The standard InChI is InChI=1S/C24H20N2O2S/c27-23(26-24-25-16-22(29-24)15-18-7-3-1-4-8-18)20-11-13-21(14-12-20)28-17-19-9-5-2-6-10-19/h1-14,16H,15,17H2,(H,25,26,27). The Balaban J connectivity index is 1.33. The topological polar surface area (TPSA) is 51.2 Å². The van der Waals surface area contributed by atoms with Gasteiger partial charge >= 0.3 is 0 Å². The van der Waals surface area contributed by atoms with Crippen molar-refractivity contribution in [3.05, 3.63) is 113 Å². The van der Waals surface area contributed by atoms with Gasteiger partial charge in [-0.3, -0.25) is 10.1 Å². The lowest BCUT2D eigenvalue weighted by molar-refractivity contribution is 0.102. The van der Waals surface area contributed by atoms with Gasteiger partial charge in [0.1, 0.15) is 12.4 Å². The highest BCUT2D eigenvalue weighted by Crippen LogP contribution is 2.22. The average Bonchev–Trinajstić information content (AvgIpc) is 3.20. The summed E-state index contributed by atoms with van der Waals surface area (Å²) >= 11 is 1.49. The molecule has 1 aromatic heterocycles. The lowest BCUT2D eigenvalue weighted by Gasteiger charge is -2.07. The third-order valence-corrected chi connectivity index (χ3v) is 5.27. The Morgan fingerprint density at radius 3 is 2.21 bits per heavy atom. The van der Waals surface area contributed by atoms with Crippen molar-refractivity contribution in [3.8, 4) is 5.75 Å². The molecule has 29 heavy (non-hydrogen) atoms. The van der Waals surface area contributed by atoms with Crippen molar-refractivity contribution in [2.24, 2.45) is 0 Å². The molecule has 0 spiro atoms. The summed E-state index contributed by atoms with van der Waals surface area (Å²) in [7, 11) is 0. The number of ether oxygens (including phenoxy) is 1. The van der Waals surface area contributed by atoms with Crippen LogP contribution >= 0.6 is 11.3 Å². The second kappa shape index (κ2) is 9.17. The molecule has 0 aliphatic heterocycles. The van der Waals surface area contributed by atoms with Crippen LogP contribution in [0.3, 0.4) is 0 Å². The molecule has 1 amide bonds. The van der Waals surface area contributed by atoms with Crippen LogP contribution < -0.4 is 10.1 Å². The summed E-state index contributed by atoms with van der Waals surface area (Å²) in [4.78, 5) is 17.9. The van der Waals surface area contributed by atoms with Crippen LogP contribution in [0.25, 0.3) is 0 Å². The third kappa shape index (κ3) is 5.30. The highest BCUT2D eigenvalue weighted by Gasteiger charge is 2.10. The van der Waals surface area contributed by atoms with Crippen LogP contribution in [0.2, 0.25) is 0 Å². The van der Waals surface area contributed by atoms with Gasteiger partial charge in [0.15, 0.2) is 5.13 Å². The first-order valence-corrected chi connectivity index (χ1v) is 10.1. The number of thiazole rings is 1. The Hall–Kier alpha value is -3.44. The molecule has 144 valence electrons. The van der Waals surface area contributed by atoms with Crippen LogP contribution in [0.4, 0.5) is 5.13 Å². The van der Waals surface area contributed by atoms with Crippen molar-refractivity contribution < 1.29 is 9.53 Å². The zero-order valence-electron chi connectivity index (χ0n) is 15.7. The number of aromatic nitrogens is 1. The summed E-state index contributed by atoms with van der Waals surface area (Å²) in [6, 6.07) is 27.3. The largest absolute Gasteiger partial charge is 0.489 e. The number of nitrogens with one attached hydrogen (secondary N) is 1. The van der Waals surface area contributed by atoms with E-state index in [-0.39, 0.29) is 5.91 Å². The minimum Gasteiger partial charge on any atom is -0.489 e. The Morgan fingerprint density at radius 1 is 0.862 bits per heavy atom. The molecule has 0 aliphatic rings. The zero-order chi connectivity index (χ0) is 19.9. The molecular weight excluding hydrogens is 380 g/mol. The molecule has 0 aliphatic carbocycles. The average molecular weight is 401 g/mol. The monoisotopic (exact) mass is 400 g/mol. The van der Waals surface area contributed by atoms with Crippen LogP contribution in [0.1, 0.15) is 26.4 Å². The van der Waals surface area contributed by atoms with Crippen molar-refractivity contribution >= 4 is 22.4 Å². The molecule has 0 fully saturated rings. The molecule has 5 heteroatoms. The first-order valence-electron chi connectivity index (χ1n) is 9.33. The first-order chi connectivity index (χ1) is 14.3. The van der Waals surface area contributed by atoms with Crippen molar-refractivity contribution in [3.63, 3.8) is 0 Å². The van der Waals surface area contributed by atoms with Crippen molar-refractivity contribution in [2.75, 3.05) is 5.32 Å². The summed E-state index contributed by atoms with van der Waals surface area (Å²) in [6.45, 7) is 0.496. The molecule has 0 radical (unpaired) electrons. The predicted octanol–water partition coefficient (Wildman–Crippen LogP) is 5.57. The molecule has 4 aromatic rings. The maximum Gasteiger partial charge on any atom is 0.257 e. The summed E-state index contributed by atoms with van der Waals surface area (Å²) < 4.78 is 5.76. The molecule has 4 rings (SSSR count). The van der Waals surface area contributed by atoms with E-state index in [1.165, 1.54) is 16.9 Å². The number of hydrogen-bond acceptors (Lipinski definition) is 4. The van der Waals surface area contributed by atoms with Gasteiger partial charge in [0.05, 0.1) is 0 Å². The van der Waals surface area contributed by atoms with Gasteiger partial charge in [0, 0.05) is 23.1 Å². The maximum absolute atomic E-state index is 12.5. The van der Waals surface area contributed by atoms with E-state index < -0.39 is 0 Å². The highest BCUT2D eigenvalue weighted by atomic mass is 32.1. The number of nitrogens with zero attached hydrogens (tertiary/aromatic N) is 1. The first kappa shape index (κ1) is 18.9. The van der Waals surface area contributed by atoms with E-state index in [9.17, 15) is 4.79 Å². The third-order valence-electron chi connectivity index (χ3n) is 4.36. The fourth-order valence-electron chi connectivity index (χ4n) is 2.86. The number of rotatable bonds is 7. The lowest BCUT2D eigenvalue weighted by atomic mass is 10.1. The van der Waals surface area contributed by atoms with Crippen molar-refractivity contribution in [1.82, 2.24) is 4.98 Å². The van der Waals surface area contributed by atoms with Gasteiger partial charge in [0.25, 0.3) is 5.91 Å². The molecular formula is C24H20N2O2S. The predicted molar refractivity (Wildman–Crippen MR) is 117 cm³/mol. The van der Waals surface area contributed by atoms with E-state index >= 15 is 0 Å². The molecule has 1 heterocycles. The van der Waals surface area contributed by atoms with E-state index in [2.05, 4.69) is 22.4 Å². The normalized spacial score (nSPS) is 10.5. The smallest absolute Gasteiger partial charge is 0.257 e. The summed E-state index contributed by atoms with van der Waals surface area (Å²) in [5.41, 5.74) is 2.89. The van der Waals surface area contributed by atoms with E-state index in [1.807, 2.05) is 54.7 Å². The lowest BCUT2D eigenvalue weighted by Crippen LogP contribution is -2.11. The second-order valence-corrected chi connectivity index (χ2v) is 7.66. The Kier molecular flexibility index (Phi) is 5.98. The number of carbonyl (C=O) groups is 1. The number of anilines is 1. The minimum atomic E-state index is -0.180. The van der Waals surface area contributed by atoms with Crippen LogP contribution in [0, 0.1) is 0 Å². The maximum atomic E-state index is 12.5. The van der Waals surface area contributed by atoms with Crippen LogP contribution in [0.15, 0.2) is 91.1 Å². The van der Waals surface area contributed by atoms with Crippen LogP contribution in [0.5, 0.6) is 5.75 Å². The molecule has 3 aromatic carbocycles. The molecule has 0 unspecified atom stereocenters. The number of carbonyl (C=O) groups excluding carboxylic acids is 1. The second-order valence-electron chi connectivity index (χ2n) is 6.55. The van der Waals surface area contributed by atoms with Crippen LogP contribution in [-0.4, -0.2) is 10.9 Å².